The van der Waals surface area contributed by atoms with Crippen LogP contribution < -0.4 is 15.0 Å². The number of likely N-dealkylation sites (N-methyl/N-ethyl adjacent to an activating group) is 1. The molecule has 2 aromatic carbocycles. The van der Waals surface area contributed by atoms with E-state index in [-0.39, 0.29) is 5.91 Å². The van der Waals surface area contributed by atoms with Gasteiger partial charge in [0.25, 0.3) is 5.91 Å². The van der Waals surface area contributed by atoms with Crippen molar-refractivity contribution < 1.29 is 14.4 Å². The summed E-state index contributed by atoms with van der Waals surface area (Å²) in [5, 5.41) is 11.8. The third-order valence-corrected chi connectivity index (χ3v) is 3.38. The summed E-state index contributed by atoms with van der Waals surface area (Å²) < 4.78 is 5.14. The lowest BCUT2D eigenvalue weighted by Crippen LogP contribution is -3.08. The maximum absolute atomic E-state index is 12.1. The van der Waals surface area contributed by atoms with Crippen LogP contribution in [0.5, 0.6) is 5.75 Å². The van der Waals surface area contributed by atoms with E-state index in [1.165, 1.54) is 0 Å². The second-order valence-corrected chi connectivity index (χ2v) is 5.40. The molecular weight excluding hydrogens is 290 g/mol. The van der Waals surface area contributed by atoms with Gasteiger partial charge < -0.3 is 15.0 Å². The SMILES string of the molecule is COc1cccc(NC(=O)C[NH+](C)Cc2cccc(C#N)c2)c1. The Bertz CT molecular complexity index is 722. The third-order valence-electron chi connectivity index (χ3n) is 3.38. The van der Waals surface area contributed by atoms with E-state index in [4.69, 9.17) is 10.00 Å². The average Bonchev–Trinajstić information content (AvgIpc) is 2.54. The molecule has 0 saturated heterocycles. The number of carbonyl (C=O) groups is 1. The van der Waals surface area contributed by atoms with Crippen molar-refractivity contribution in [3.8, 4) is 11.8 Å². The summed E-state index contributed by atoms with van der Waals surface area (Å²) in [6, 6.07) is 16.8. The van der Waals surface area contributed by atoms with Gasteiger partial charge in [-0.1, -0.05) is 18.2 Å². The van der Waals surface area contributed by atoms with Gasteiger partial charge in [0.1, 0.15) is 12.3 Å². The molecule has 1 unspecified atom stereocenters. The summed E-state index contributed by atoms with van der Waals surface area (Å²) in [6.45, 7) is 1.02. The molecule has 0 aliphatic heterocycles. The largest absolute Gasteiger partial charge is 0.497 e. The van der Waals surface area contributed by atoms with Crippen LogP contribution in [0, 0.1) is 11.3 Å². The van der Waals surface area contributed by atoms with Gasteiger partial charge in [0, 0.05) is 17.3 Å². The number of carbonyl (C=O) groups excluding carboxylic acids is 1. The molecule has 0 spiro atoms. The topological polar surface area (TPSA) is 66.6 Å². The first-order valence-corrected chi connectivity index (χ1v) is 7.35. The number of nitrogens with zero attached hydrogens (tertiary/aromatic N) is 1. The first kappa shape index (κ1) is 16.5. The summed E-state index contributed by atoms with van der Waals surface area (Å²) in [4.78, 5) is 13.2. The molecule has 0 radical (unpaired) electrons. The van der Waals surface area contributed by atoms with E-state index in [1.54, 1.807) is 19.2 Å². The summed E-state index contributed by atoms with van der Waals surface area (Å²) in [5.74, 6) is 0.643. The third kappa shape index (κ3) is 5.13. The second kappa shape index (κ2) is 7.97. The van der Waals surface area contributed by atoms with Gasteiger partial charge in [-0.2, -0.15) is 5.26 Å². The molecule has 0 aliphatic carbocycles. The molecule has 118 valence electrons. The number of benzene rings is 2. The van der Waals surface area contributed by atoms with Crippen molar-refractivity contribution in [3.05, 3.63) is 59.7 Å². The highest BCUT2D eigenvalue weighted by molar-refractivity contribution is 5.91. The number of nitrogens with one attached hydrogen (secondary N) is 2. The van der Waals surface area contributed by atoms with Gasteiger partial charge in [0.05, 0.1) is 25.8 Å². The predicted molar refractivity (Wildman–Crippen MR) is 88.2 cm³/mol. The van der Waals surface area contributed by atoms with Crippen molar-refractivity contribution >= 4 is 11.6 Å². The van der Waals surface area contributed by atoms with Gasteiger partial charge >= 0.3 is 0 Å². The molecule has 0 aliphatic rings. The maximum Gasteiger partial charge on any atom is 0.279 e. The minimum absolute atomic E-state index is 0.0628. The van der Waals surface area contributed by atoms with Gasteiger partial charge in [-0.05, 0) is 24.3 Å². The number of amides is 1. The van der Waals surface area contributed by atoms with Crippen LogP contribution in [0.15, 0.2) is 48.5 Å². The van der Waals surface area contributed by atoms with E-state index in [1.807, 2.05) is 43.4 Å². The molecule has 0 bridgehead atoms. The van der Waals surface area contributed by atoms with Crippen LogP contribution in [0.4, 0.5) is 5.69 Å². The van der Waals surface area contributed by atoms with Gasteiger partial charge in [-0.3, -0.25) is 4.79 Å². The first-order chi connectivity index (χ1) is 11.1. The van der Waals surface area contributed by atoms with Crippen LogP contribution in [-0.4, -0.2) is 26.6 Å². The molecule has 2 aromatic rings. The Morgan fingerprint density at radius 3 is 2.78 bits per heavy atom. The number of methoxy groups -OCH3 is 1. The van der Waals surface area contributed by atoms with Gasteiger partial charge in [0.15, 0.2) is 6.54 Å². The Morgan fingerprint density at radius 1 is 1.26 bits per heavy atom. The number of nitriles is 1. The lowest BCUT2D eigenvalue weighted by atomic mass is 10.1. The fourth-order valence-electron chi connectivity index (χ4n) is 2.34. The van der Waals surface area contributed by atoms with Gasteiger partial charge in [0.2, 0.25) is 0 Å². The number of ether oxygens (including phenoxy) is 1. The Balaban J connectivity index is 1.90. The highest BCUT2D eigenvalue weighted by Gasteiger charge is 2.11. The highest BCUT2D eigenvalue weighted by atomic mass is 16.5. The fraction of sp³-hybridized carbons (Fsp3) is 0.222. The fourth-order valence-corrected chi connectivity index (χ4v) is 2.34. The quantitative estimate of drug-likeness (QED) is 0.843. The molecule has 0 heterocycles. The summed E-state index contributed by atoms with van der Waals surface area (Å²) in [5.41, 5.74) is 2.39. The van der Waals surface area contributed by atoms with E-state index in [0.29, 0.717) is 30.1 Å². The molecule has 0 fully saturated rings. The van der Waals surface area contributed by atoms with Crippen LogP contribution in [0.3, 0.4) is 0 Å². The predicted octanol–water partition coefficient (Wildman–Crippen LogP) is 1.22. The van der Waals surface area contributed by atoms with E-state index in [0.717, 1.165) is 10.5 Å². The lowest BCUT2D eigenvalue weighted by Gasteiger charge is -2.14. The molecule has 23 heavy (non-hydrogen) atoms. The number of hydrogen-bond acceptors (Lipinski definition) is 3. The molecule has 2 rings (SSSR count). The van der Waals surface area contributed by atoms with Crippen LogP contribution in [0.25, 0.3) is 0 Å². The average molecular weight is 310 g/mol. The minimum atomic E-state index is -0.0628. The normalized spacial score (nSPS) is 11.3. The molecule has 5 heteroatoms. The van der Waals surface area contributed by atoms with E-state index < -0.39 is 0 Å². The summed E-state index contributed by atoms with van der Waals surface area (Å²) in [6.07, 6.45) is 0. The molecular formula is C18H20N3O2+. The standard InChI is InChI=1S/C18H19N3O2/c1-21(12-15-6-3-5-14(9-15)11-19)13-18(22)20-16-7-4-8-17(10-16)23-2/h3-10H,12-13H2,1-2H3,(H,20,22)/p+1. The zero-order valence-corrected chi connectivity index (χ0v) is 13.3. The molecule has 0 aromatic heterocycles. The molecule has 1 amide bonds. The minimum Gasteiger partial charge on any atom is -0.497 e. The van der Waals surface area contributed by atoms with Crippen molar-refractivity contribution in [1.29, 1.82) is 5.26 Å². The highest BCUT2D eigenvalue weighted by Crippen LogP contribution is 2.16. The summed E-state index contributed by atoms with van der Waals surface area (Å²) >= 11 is 0. The smallest absolute Gasteiger partial charge is 0.279 e. The summed E-state index contributed by atoms with van der Waals surface area (Å²) in [7, 11) is 3.54. The van der Waals surface area contributed by atoms with Crippen molar-refractivity contribution in [1.82, 2.24) is 0 Å². The van der Waals surface area contributed by atoms with Gasteiger partial charge in [-0.25, -0.2) is 0 Å². The molecule has 0 saturated carbocycles. The van der Waals surface area contributed by atoms with Gasteiger partial charge in [-0.15, -0.1) is 0 Å². The lowest BCUT2D eigenvalue weighted by molar-refractivity contribution is -0.885. The van der Waals surface area contributed by atoms with Crippen LogP contribution in [-0.2, 0) is 11.3 Å². The van der Waals surface area contributed by atoms with E-state index in [9.17, 15) is 4.79 Å². The van der Waals surface area contributed by atoms with Crippen LogP contribution in [0.1, 0.15) is 11.1 Å². The zero-order valence-electron chi connectivity index (χ0n) is 13.3. The Kier molecular flexibility index (Phi) is 5.73. The van der Waals surface area contributed by atoms with Crippen molar-refractivity contribution in [2.45, 2.75) is 6.54 Å². The maximum atomic E-state index is 12.1. The van der Waals surface area contributed by atoms with Crippen molar-refractivity contribution in [2.24, 2.45) is 0 Å². The van der Waals surface area contributed by atoms with E-state index >= 15 is 0 Å². The first-order valence-electron chi connectivity index (χ1n) is 7.35. The van der Waals surface area contributed by atoms with Crippen molar-refractivity contribution in [2.75, 3.05) is 26.0 Å². The Hall–Kier alpha value is -2.84. The number of anilines is 1. The van der Waals surface area contributed by atoms with Crippen LogP contribution in [0.2, 0.25) is 0 Å². The second-order valence-electron chi connectivity index (χ2n) is 5.40. The van der Waals surface area contributed by atoms with E-state index in [2.05, 4.69) is 11.4 Å². The monoisotopic (exact) mass is 310 g/mol. The Labute approximate surface area is 136 Å². The number of hydrogen-bond donors (Lipinski definition) is 2. The molecule has 1 atom stereocenters. The van der Waals surface area contributed by atoms with Crippen molar-refractivity contribution in [3.63, 3.8) is 0 Å². The number of quaternary nitrogens is 1. The Morgan fingerprint density at radius 2 is 2.04 bits per heavy atom. The number of rotatable bonds is 6. The zero-order chi connectivity index (χ0) is 16.7. The van der Waals surface area contributed by atoms with Crippen LogP contribution >= 0.6 is 0 Å². The molecule has 5 nitrogen and oxygen atoms in total. The molecule has 2 N–H and O–H groups in total.